The zero-order chi connectivity index (χ0) is 18.0. The van der Waals surface area contributed by atoms with Crippen molar-refractivity contribution in [1.29, 1.82) is 5.26 Å². The van der Waals surface area contributed by atoms with E-state index in [4.69, 9.17) is 26.8 Å². The number of nitrogens with zero attached hydrogens (tertiary/aromatic N) is 1. The quantitative estimate of drug-likeness (QED) is 0.813. The lowest BCUT2D eigenvalue weighted by Gasteiger charge is -2.27. The van der Waals surface area contributed by atoms with Gasteiger partial charge in [0.15, 0.2) is 0 Å². The lowest BCUT2D eigenvalue weighted by molar-refractivity contribution is -0.139. The predicted molar refractivity (Wildman–Crippen MR) is 87.8 cm³/mol. The fraction of sp³-hybridized carbons (Fsp3) is 0.294. The van der Waals surface area contributed by atoms with Gasteiger partial charge in [0, 0.05) is 16.1 Å². The van der Waals surface area contributed by atoms with Crippen LogP contribution < -0.4 is 5.73 Å². The molecule has 1 unspecified atom stereocenters. The van der Waals surface area contributed by atoms with Crippen molar-refractivity contribution < 1.29 is 19.4 Å². The average Bonchev–Trinajstić information content (AvgIpc) is 2.52. The van der Waals surface area contributed by atoms with Crippen LogP contribution in [0.25, 0.3) is 0 Å². The van der Waals surface area contributed by atoms with E-state index in [1.165, 1.54) is 0 Å². The summed E-state index contributed by atoms with van der Waals surface area (Å²) in [6, 6.07) is 5.10. The number of nitriles is 1. The zero-order valence-electron chi connectivity index (χ0n) is 13.5. The van der Waals surface area contributed by atoms with Crippen LogP contribution in [0, 0.1) is 18.3 Å². The van der Waals surface area contributed by atoms with E-state index in [1.807, 2.05) is 6.07 Å². The first kappa shape index (κ1) is 17.7. The molecule has 24 heavy (non-hydrogen) atoms. The first-order valence-electron chi connectivity index (χ1n) is 7.26. The number of nitrogens with two attached hydrogens (primary N) is 1. The number of rotatable bonds is 3. The van der Waals surface area contributed by atoms with Crippen LogP contribution in [0.1, 0.15) is 30.9 Å². The molecule has 0 saturated heterocycles. The molecule has 0 fully saturated rings. The van der Waals surface area contributed by atoms with Gasteiger partial charge in [0.05, 0.1) is 18.1 Å². The monoisotopic (exact) mass is 348 g/mol. The summed E-state index contributed by atoms with van der Waals surface area (Å²) in [5.74, 6) is -1.52. The van der Waals surface area contributed by atoms with E-state index in [-0.39, 0.29) is 35.1 Å². The largest absolute Gasteiger partial charge is 0.507 e. The lowest BCUT2D eigenvalue weighted by atomic mass is 9.82. The van der Waals surface area contributed by atoms with Gasteiger partial charge < -0.3 is 20.3 Å². The summed E-state index contributed by atoms with van der Waals surface area (Å²) in [5, 5.41) is 20.3. The van der Waals surface area contributed by atoms with E-state index >= 15 is 0 Å². The molecule has 1 aliphatic heterocycles. The Morgan fingerprint density at radius 2 is 2.17 bits per heavy atom. The molecule has 6 nitrogen and oxygen atoms in total. The van der Waals surface area contributed by atoms with Gasteiger partial charge in [-0.1, -0.05) is 17.7 Å². The van der Waals surface area contributed by atoms with Crippen LogP contribution in [0.4, 0.5) is 0 Å². The van der Waals surface area contributed by atoms with Gasteiger partial charge in [0.25, 0.3) is 0 Å². The number of ether oxygens (including phenoxy) is 2. The van der Waals surface area contributed by atoms with Crippen molar-refractivity contribution in [2.75, 3.05) is 6.61 Å². The molecule has 0 aromatic heterocycles. The summed E-state index contributed by atoms with van der Waals surface area (Å²) in [7, 11) is 0. The Hall–Kier alpha value is -2.65. The third kappa shape index (κ3) is 2.91. The first-order valence-corrected chi connectivity index (χ1v) is 7.64. The van der Waals surface area contributed by atoms with E-state index in [9.17, 15) is 15.2 Å². The Morgan fingerprint density at radius 1 is 1.50 bits per heavy atom. The second-order valence-electron chi connectivity index (χ2n) is 5.23. The molecular weight excluding hydrogens is 332 g/mol. The van der Waals surface area contributed by atoms with Crippen molar-refractivity contribution in [3.63, 3.8) is 0 Å². The van der Waals surface area contributed by atoms with Crippen molar-refractivity contribution in [3.8, 4) is 11.8 Å². The Morgan fingerprint density at radius 3 is 2.75 bits per heavy atom. The number of benzene rings is 1. The molecule has 1 aliphatic rings. The van der Waals surface area contributed by atoms with Crippen molar-refractivity contribution in [2.24, 2.45) is 5.73 Å². The number of hydrogen-bond acceptors (Lipinski definition) is 6. The summed E-state index contributed by atoms with van der Waals surface area (Å²) in [5.41, 5.74) is 6.73. The highest BCUT2D eigenvalue weighted by molar-refractivity contribution is 6.31. The van der Waals surface area contributed by atoms with Crippen molar-refractivity contribution in [3.05, 3.63) is 51.1 Å². The molecule has 126 valence electrons. The molecule has 1 aromatic rings. The molecule has 0 aliphatic carbocycles. The number of phenolic OH excluding ortho intramolecular Hbond substituents is 1. The Bertz CT molecular complexity index is 806. The molecule has 0 bridgehead atoms. The van der Waals surface area contributed by atoms with Gasteiger partial charge in [-0.15, -0.1) is 0 Å². The van der Waals surface area contributed by atoms with E-state index in [2.05, 4.69) is 0 Å². The van der Waals surface area contributed by atoms with Crippen LogP contribution in [-0.2, 0) is 14.3 Å². The van der Waals surface area contributed by atoms with Crippen molar-refractivity contribution >= 4 is 17.6 Å². The molecule has 2 rings (SSSR count). The fourth-order valence-electron chi connectivity index (χ4n) is 2.60. The molecule has 0 spiro atoms. The van der Waals surface area contributed by atoms with E-state index in [0.717, 1.165) is 0 Å². The van der Waals surface area contributed by atoms with Crippen LogP contribution in [0.5, 0.6) is 5.75 Å². The van der Waals surface area contributed by atoms with Gasteiger partial charge in [-0.25, -0.2) is 4.79 Å². The highest BCUT2D eigenvalue weighted by atomic mass is 35.5. The number of carbonyl (C=O) groups excluding carboxylic acids is 1. The molecule has 3 N–H and O–H groups in total. The normalized spacial score (nSPS) is 17.4. The number of aromatic hydroxyl groups is 1. The molecule has 7 heteroatoms. The molecule has 1 heterocycles. The maximum Gasteiger partial charge on any atom is 0.338 e. The van der Waals surface area contributed by atoms with Gasteiger partial charge in [-0.3, -0.25) is 0 Å². The van der Waals surface area contributed by atoms with Crippen LogP contribution in [0.15, 0.2) is 34.9 Å². The van der Waals surface area contributed by atoms with Crippen LogP contribution in [0.3, 0.4) is 0 Å². The Kier molecular flexibility index (Phi) is 5.05. The predicted octanol–water partition coefficient (Wildman–Crippen LogP) is 3.00. The van der Waals surface area contributed by atoms with Crippen molar-refractivity contribution in [1.82, 2.24) is 0 Å². The van der Waals surface area contributed by atoms with Crippen LogP contribution in [-0.4, -0.2) is 17.7 Å². The van der Waals surface area contributed by atoms with Gasteiger partial charge >= 0.3 is 5.97 Å². The minimum absolute atomic E-state index is 0.0284. The second-order valence-corrected chi connectivity index (χ2v) is 5.63. The summed E-state index contributed by atoms with van der Waals surface area (Å²) in [6.45, 7) is 5.03. The average molecular weight is 349 g/mol. The molecule has 1 atom stereocenters. The van der Waals surface area contributed by atoms with E-state index < -0.39 is 11.9 Å². The van der Waals surface area contributed by atoms with Gasteiger partial charge in [0.2, 0.25) is 5.88 Å². The van der Waals surface area contributed by atoms with Crippen LogP contribution in [0.2, 0.25) is 5.02 Å². The third-order valence-corrected chi connectivity index (χ3v) is 4.22. The summed E-state index contributed by atoms with van der Waals surface area (Å²) in [6.07, 6.45) is 0. The minimum Gasteiger partial charge on any atom is -0.507 e. The van der Waals surface area contributed by atoms with Crippen LogP contribution >= 0.6 is 11.6 Å². The topological polar surface area (TPSA) is 106 Å². The number of esters is 1. The van der Waals surface area contributed by atoms with E-state index in [1.54, 1.807) is 32.9 Å². The Labute approximate surface area is 144 Å². The Balaban J connectivity index is 2.72. The van der Waals surface area contributed by atoms with Crippen molar-refractivity contribution in [2.45, 2.75) is 26.7 Å². The second kappa shape index (κ2) is 6.85. The SMILES string of the molecule is CCOC(=O)C1=C(C)OC(N)=C(C#N)C1c1ccc(Cl)c(C)c1O. The van der Waals surface area contributed by atoms with Gasteiger partial charge in [-0.2, -0.15) is 5.26 Å². The number of carbonyl (C=O) groups is 1. The number of halogens is 1. The maximum absolute atomic E-state index is 12.4. The van der Waals surface area contributed by atoms with Gasteiger partial charge in [0.1, 0.15) is 23.2 Å². The highest BCUT2D eigenvalue weighted by Gasteiger charge is 2.38. The molecule has 0 amide bonds. The molecule has 0 saturated carbocycles. The third-order valence-electron chi connectivity index (χ3n) is 3.81. The van der Waals surface area contributed by atoms with E-state index in [0.29, 0.717) is 16.1 Å². The number of phenols is 1. The first-order chi connectivity index (χ1) is 11.3. The maximum atomic E-state index is 12.4. The fourth-order valence-corrected chi connectivity index (χ4v) is 2.75. The minimum atomic E-state index is -0.890. The summed E-state index contributed by atoms with van der Waals surface area (Å²) >= 11 is 6.01. The molecule has 1 aromatic carbocycles. The number of hydrogen-bond donors (Lipinski definition) is 2. The smallest absolute Gasteiger partial charge is 0.338 e. The zero-order valence-corrected chi connectivity index (χ0v) is 14.3. The lowest BCUT2D eigenvalue weighted by Crippen LogP contribution is -2.25. The summed E-state index contributed by atoms with van der Waals surface area (Å²) in [4.78, 5) is 12.4. The standard InChI is InChI=1S/C17H17ClN2O4/c1-4-23-17(22)13-9(3)24-16(20)11(7-19)14(13)10-5-6-12(18)8(2)15(10)21/h5-6,14,21H,4,20H2,1-3H3. The molecular formula is C17H17ClN2O4. The summed E-state index contributed by atoms with van der Waals surface area (Å²) < 4.78 is 10.4. The van der Waals surface area contributed by atoms with Gasteiger partial charge in [-0.05, 0) is 26.8 Å². The molecule has 0 radical (unpaired) electrons. The highest BCUT2D eigenvalue weighted by Crippen LogP contribution is 2.44. The number of allylic oxidation sites excluding steroid dienone is 2.